The maximum atomic E-state index is 11.7. The van der Waals surface area contributed by atoms with Crippen molar-refractivity contribution in [3.05, 3.63) is 0 Å². The summed E-state index contributed by atoms with van der Waals surface area (Å²) in [6.07, 6.45) is 2.02. The van der Waals surface area contributed by atoms with Gasteiger partial charge in [0.2, 0.25) is 0 Å². The van der Waals surface area contributed by atoms with Crippen molar-refractivity contribution < 1.29 is 14.7 Å². The molecule has 16 heavy (non-hydrogen) atoms. The molecule has 2 amide bonds. The second kappa shape index (κ2) is 4.31. The molecule has 1 aliphatic rings. The van der Waals surface area contributed by atoms with Crippen LogP contribution in [0.15, 0.2) is 0 Å². The van der Waals surface area contributed by atoms with Crippen molar-refractivity contribution in [1.29, 1.82) is 0 Å². The van der Waals surface area contributed by atoms with Crippen LogP contribution in [-0.4, -0.2) is 41.1 Å². The normalized spacial score (nSPS) is 17.8. The van der Waals surface area contributed by atoms with Crippen molar-refractivity contribution in [2.24, 2.45) is 5.41 Å². The minimum atomic E-state index is -0.995. The fourth-order valence-corrected chi connectivity index (χ4v) is 1.50. The van der Waals surface area contributed by atoms with Crippen molar-refractivity contribution >= 4 is 12.0 Å². The summed E-state index contributed by atoms with van der Waals surface area (Å²) >= 11 is 0. The Hall–Kier alpha value is -1.26. The van der Waals surface area contributed by atoms with Crippen molar-refractivity contribution in [2.75, 3.05) is 7.05 Å². The minimum Gasteiger partial charge on any atom is -0.480 e. The van der Waals surface area contributed by atoms with E-state index in [-0.39, 0.29) is 12.1 Å². The molecule has 1 fully saturated rings. The molecule has 1 aliphatic carbocycles. The molecule has 0 aromatic rings. The van der Waals surface area contributed by atoms with E-state index in [0.29, 0.717) is 0 Å². The van der Waals surface area contributed by atoms with Crippen molar-refractivity contribution in [3.63, 3.8) is 0 Å². The lowest BCUT2D eigenvalue weighted by molar-refractivity contribution is -0.142. The Labute approximate surface area is 95.8 Å². The summed E-state index contributed by atoms with van der Waals surface area (Å²) in [6, 6.07) is -0.875. The second-order valence-corrected chi connectivity index (χ2v) is 5.43. The number of amides is 2. The van der Waals surface area contributed by atoms with Gasteiger partial charge in [0.05, 0.1) is 0 Å². The van der Waals surface area contributed by atoms with Gasteiger partial charge in [0.25, 0.3) is 0 Å². The number of carboxylic acid groups (broad SMARTS) is 1. The zero-order valence-corrected chi connectivity index (χ0v) is 10.3. The summed E-state index contributed by atoms with van der Waals surface area (Å²) in [5.41, 5.74) is -0.494. The van der Waals surface area contributed by atoms with Gasteiger partial charge in [-0.15, -0.1) is 0 Å². The highest BCUT2D eigenvalue weighted by Crippen LogP contribution is 2.26. The first-order valence-electron chi connectivity index (χ1n) is 5.49. The number of rotatable bonds is 3. The molecule has 0 bridgehead atoms. The molecule has 0 aromatic carbocycles. The van der Waals surface area contributed by atoms with Crippen LogP contribution in [-0.2, 0) is 4.79 Å². The molecule has 0 saturated heterocycles. The lowest BCUT2D eigenvalue weighted by Crippen LogP contribution is -2.52. The van der Waals surface area contributed by atoms with Crippen LogP contribution in [0.5, 0.6) is 0 Å². The van der Waals surface area contributed by atoms with E-state index in [1.54, 1.807) is 32.7 Å². The summed E-state index contributed by atoms with van der Waals surface area (Å²) in [5.74, 6) is -0.995. The fraction of sp³-hybridized carbons (Fsp3) is 0.818. The third kappa shape index (κ3) is 3.12. The van der Waals surface area contributed by atoms with Gasteiger partial charge in [-0.05, 0) is 18.3 Å². The Morgan fingerprint density at radius 2 is 1.88 bits per heavy atom. The number of nitrogens with zero attached hydrogens (tertiary/aromatic N) is 1. The van der Waals surface area contributed by atoms with Gasteiger partial charge >= 0.3 is 12.0 Å². The molecule has 0 aliphatic heterocycles. The maximum Gasteiger partial charge on any atom is 0.326 e. The number of hydrogen-bond donors (Lipinski definition) is 2. The topological polar surface area (TPSA) is 69.6 Å². The van der Waals surface area contributed by atoms with Gasteiger partial charge in [0.1, 0.15) is 6.04 Å². The number of carbonyl (C=O) groups is 2. The highest BCUT2D eigenvalue weighted by molar-refractivity contribution is 5.83. The van der Waals surface area contributed by atoms with Crippen LogP contribution < -0.4 is 5.32 Å². The molecule has 5 nitrogen and oxygen atoms in total. The Morgan fingerprint density at radius 1 is 1.38 bits per heavy atom. The van der Waals surface area contributed by atoms with Crippen molar-refractivity contribution in [2.45, 2.75) is 45.7 Å². The second-order valence-electron chi connectivity index (χ2n) is 5.43. The molecule has 5 heteroatoms. The van der Waals surface area contributed by atoms with Gasteiger partial charge in [-0.25, -0.2) is 9.59 Å². The highest BCUT2D eigenvalue weighted by atomic mass is 16.4. The van der Waals surface area contributed by atoms with Crippen LogP contribution >= 0.6 is 0 Å². The molecule has 92 valence electrons. The molecular formula is C11H20N2O3. The molecule has 0 heterocycles. The van der Waals surface area contributed by atoms with E-state index in [4.69, 9.17) is 5.11 Å². The smallest absolute Gasteiger partial charge is 0.326 e. The molecule has 0 radical (unpaired) electrons. The van der Waals surface area contributed by atoms with Gasteiger partial charge < -0.3 is 15.3 Å². The first kappa shape index (κ1) is 12.8. The maximum absolute atomic E-state index is 11.7. The summed E-state index contributed by atoms with van der Waals surface area (Å²) in [4.78, 5) is 24.4. The van der Waals surface area contributed by atoms with E-state index in [1.807, 2.05) is 0 Å². The average molecular weight is 228 g/mol. The predicted octanol–water partition coefficient (Wildman–Crippen LogP) is 1.29. The average Bonchev–Trinajstić information content (AvgIpc) is 2.92. The predicted molar refractivity (Wildman–Crippen MR) is 60.2 cm³/mol. The Kier molecular flexibility index (Phi) is 3.45. The standard InChI is InChI=1S/C11H20N2O3/c1-11(2,3)8(9(14)15)12-10(16)13(4)7-5-6-7/h7-8H,5-6H2,1-4H3,(H,12,16)(H,14,15)/t8-/m0/s1. The molecule has 0 unspecified atom stereocenters. The highest BCUT2D eigenvalue weighted by Gasteiger charge is 2.36. The van der Waals surface area contributed by atoms with E-state index < -0.39 is 17.4 Å². The zero-order valence-electron chi connectivity index (χ0n) is 10.3. The quantitative estimate of drug-likeness (QED) is 0.764. The zero-order chi connectivity index (χ0) is 12.5. The van der Waals surface area contributed by atoms with Gasteiger partial charge in [-0.1, -0.05) is 20.8 Å². The van der Waals surface area contributed by atoms with Gasteiger partial charge in [0, 0.05) is 13.1 Å². The lowest BCUT2D eigenvalue weighted by atomic mass is 9.87. The van der Waals surface area contributed by atoms with Crippen LogP contribution in [0.1, 0.15) is 33.6 Å². The SMILES string of the molecule is CN(C(=O)N[C@@H](C(=O)O)C(C)(C)C)C1CC1. The summed E-state index contributed by atoms with van der Waals surface area (Å²) in [5, 5.41) is 11.6. The molecular weight excluding hydrogens is 208 g/mol. The van der Waals surface area contributed by atoms with Gasteiger partial charge in [0.15, 0.2) is 0 Å². The van der Waals surface area contributed by atoms with Crippen LogP contribution in [0.25, 0.3) is 0 Å². The Balaban J connectivity index is 2.61. The van der Waals surface area contributed by atoms with Gasteiger partial charge in [-0.2, -0.15) is 0 Å². The third-order valence-corrected chi connectivity index (χ3v) is 2.80. The summed E-state index contributed by atoms with van der Waals surface area (Å²) < 4.78 is 0. The van der Waals surface area contributed by atoms with Gasteiger partial charge in [-0.3, -0.25) is 0 Å². The number of aliphatic carboxylic acids is 1. The summed E-state index contributed by atoms with van der Waals surface area (Å²) in [7, 11) is 1.70. The van der Waals surface area contributed by atoms with E-state index in [2.05, 4.69) is 5.32 Å². The van der Waals surface area contributed by atoms with Crippen molar-refractivity contribution in [1.82, 2.24) is 10.2 Å². The van der Waals surface area contributed by atoms with E-state index in [1.165, 1.54) is 0 Å². The van der Waals surface area contributed by atoms with Crippen LogP contribution in [0, 0.1) is 5.41 Å². The lowest BCUT2D eigenvalue weighted by Gasteiger charge is -2.29. The van der Waals surface area contributed by atoms with Crippen molar-refractivity contribution in [3.8, 4) is 0 Å². The number of carboxylic acids is 1. The third-order valence-electron chi connectivity index (χ3n) is 2.80. The number of carbonyl (C=O) groups excluding carboxylic acids is 1. The van der Waals surface area contributed by atoms with Crippen LogP contribution in [0.4, 0.5) is 4.79 Å². The monoisotopic (exact) mass is 228 g/mol. The number of urea groups is 1. The molecule has 0 aromatic heterocycles. The van der Waals surface area contributed by atoms with E-state index in [0.717, 1.165) is 12.8 Å². The fourth-order valence-electron chi connectivity index (χ4n) is 1.50. The first-order valence-corrected chi connectivity index (χ1v) is 5.49. The Bertz CT molecular complexity index is 292. The largest absolute Gasteiger partial charge is 0.480 e. The molecule has 1 atom stereocenters. The Morgan fingerprint density at radius 3 is 2.19 bits per heavy atom. The van der Waals surface area contributed by atoms with E-state index >= 15 is 0 Å². The molecule has 1 saturated carbocycles. The van der Waals surface area contributed by atoms with E-state index in [9.17, 15) is 9.59 Å². The first-order chi connectivity index (χ1) is 7.23. The van der Waals surface area contributed by atoms with Crippen LogP contribution in [0.3, 0.4) is 0 Å². The molecule has 0 spiro atoms. The number of nitrogens with one attached hydrogen (secondary N) is 1. The molecule has 1 rings (SSSR count). The molecule has 2 N–H and O–H groups in total. The van der Waals surface area contributed by atoms with Crippen LogP contribution in [0.2, 0.25) is 0 Å². The number of hydrogen-bond acceptors (Lipinski definition) is 2. The minimum absolute atomic E-state index is 0.286. The summed E-state index contributed by atoms with van der Waals surface area (Å²) in [6.45, 7) is 5.38.